The van der Waals surface area contributed by atoms with Crippen LogP contribution in [0.4, 0.5) is 5.69 Å². The highest BCUT2D eigenvalue weighted by Crippen LogP contribution is 2.21. The number of nitrogens with zero attached hydrogens (tertiary/aromatic N) is 1. The average Bonchev–Trinajstić information content (AvgIpc) is 2.65. The van der Waals surface area contributed by atoms with Gasteiger partial charge in [-0.2, -0.15) is 0 Å². The molecule has 0 aromatic heterocycles. The van der Waals surface area contributed by atoms with Crippen LogP contribution in [0.15, 0.2) is 24.3 Å². The van der Waals surface area contributed by atoms with Gasteiger partial charge in [0.25, 0.3) is 0 Å². The lowest BCUT2D eigenvalue weighted by Gasteiger charge is -2.24. The van der Waals surface area contributed by atoms with Gasteiger partial charge < -0.3 is 15.3 Å². The molecule has 2 N–H and O–H groups in total. The van der Waals surface area contributed by atoms with E-state index in [1.165, 1.54) is 0 Å². The van der Waals surface area contributed by atoms with E-state index in [1.807, 2.05) is 12.1 Å². The molecule has 1 saturated heterocycles. The lowest BCUT2D eigenvalue weighted by Crippen LogP contribution is -2.32. The maximum Gasteiger partial charge on any atom is 0.337 e. The second-order valence-corrected chi connectivity index (χ2v) is 5.75. The Morgan fingerprint density at radius 1 is 1.30 bits per heavy atom. The summed E-state index contributed by atoms with van der Waals surface area (Å²) >= 11 is 0. The number of aromatic carboxylic acids is 1. The quantitative estimate of drug-likeness (QED) is 0.887. The van der Waals surface area contributed by atoms with Gasteiger partial charge in [0.15, 0.2) is 0 Å². The Hall–Kier alpha value is -1.55. The van der Waals surface area contributed by atoms with Gasteiger partial charge in [-0.25, -0.2) is 4.79 Å². The normalized spacial score (nSPS) is 20.6. The Balaban J connectivity index is 2.02. The second-order valence-electron chi connectivity index (χ2n) is 5.75. The largest absolute Gasteiger partial charge is 0.478 e. The van der Waals surface area contributed by atoms with Crippen molar-refractivity contribution in [3.8, 4) is 0 Å². The van der Waals surface area contributed by atoms with Gasteiger partial charge in [-0.05, 0) is 51.8 Å². The minimum atomic E-state index is -0.870. The summed E-state index contributed by atoms with van der Waals surface area (Å²) in [4.78, 5) is 13.7. The third kappa shape index (κ3) is 3.73. The fourth-order valence-corrected chi connectivity index (χ4v) is 2.79. The molecule has 0 radical (unpaired) electrons. The molecule has 1 aliphatic heterocycles. The number of carbonyl (C=O) groups is 1. The van der Waals surface area contributed by atoms with Crippen molar-refractivity contribution in [1.82, 2.24) is 4.90 Å². The number of hydrogen-bond donors (Lipinski definition) is 2. The fourth-order valence-electron chi connectivity index (χ4n) is 2.79. The first-order chi connectivity index (χ1) is 9.58. The molecule has 1 heterocycles. The van der Waals surface area contributed by atoms with Gasteiger partial charge in [-0.3, -0.25) is 0 Å². The molecule has 0 spiro atoms. The van der Waals surface area contributed by atoms with Gasteiger partial charge in [0.2, 0.25) is 0 Å². The van der Waals surface area contributed by atoms with E-state index in [0.717, 1.165) is 38.0 Å². The summed E-state index contributed by atoms with van der Waals surface area (Å²) in [6.07, 6.45) is 3.31. The van der Waals surface area contributed by atoms with Crippen LogP contribution >= 0.6 is 0 Å². The lowest BCUT2D eigenvalue weighted by molar-refractivity contribution is 0.0698. The minimum absolute atomic E-state index is 0.359. The molecule has 1 aromatic rings. The SMILES string of the molecule is CC(C)N1CCCC(Nc2ccccc2C(=O)O)CC1. The Bertz CT molecular complexity index is 460. The van der Waals surface area contributed by atoms with Crippen LogP contribution in [0, 0.1) is 0 Å². The van der Waals surface area contributed by atoms with E-state index in [1.54, 1.807) is 12.1 Å². The lowest BCUT2D eigenvalue weighted by atomic mass is 10.1. The van der Waals surface area contributed by atoms with E-state index in [0.29, 0.717) is 17.6 Å². The maximum atomic E-state index is 11.2. The molecule has 2 rings (SSSR count). The van der Waals surface area contributed by atoms with E-state index in [-0.39, 0.29) is 0 Å². The molecule has 0 amide bonds. The smallest absolute Gasteiger partial charge is 0.337 e. The molecule has 4 nitrogen and oxygen atoms in total. The summed E-state index contributed by atoms with van der Waals surface area (Å²) in [7, 11) is 0. The number of rotatable bonds is 4. The Morgan fingerprint density at radius 2 is 2.05 bits per heavy atom. The predicted molar refractivity (Wildman–Crippen MR) is 81.4 cm³/mol. The summed E-state index contributed by atoms with van der Waals surface area (Å²) < 4.78 is 0. The van der Waals surface area contributed by atoms with E-state index in [4.69, 9.17) is 0 Å². The summed E-state index contributed by atoms with van der Waals surface area (Å²) in [5.74, 6) is -0.870. The summed E-state index contributed by atoms with van der Waals surface area (Å²) in [6.45, 7) is 6.67. The van der Waals surface area contributed by atoms with Crippen LogP contribution in [0.1, 0.15) is 43.5 Å². The summed E-state index contributed by atoms with van der Waals surface area (Å²) in [6, 6.07) is 8.10. The zero-order chi connectivity index (χ0) is 14.5. The number of carboxylic acid groups (broad SMARTS) is 1. The van der Waals surface area contributed by atoms with Gasteiger partial charge >= 0.3 is 5.97 Å². The van der Waals surface area contributed by atoms with Crippen molar-refractivity contribution < 1.29 is 9.90 Å². The first kappa shape index (κ1) is 14.9. The minimum Gasteiger partial charge on any atom is -0.478 e. The van der Waals surface area contributed by atoms with Crippen molar-refractivity contribution >= 4 is 11.7 Å². The third-order valence-electron chi connectivity index (χ3n) is 4.01. The second kappa shape index (κ2) is 6.75. The Kier molecular flexibility index (Phi) is 5.01. The van der Waals surface area contributed by atoms with Gasteiger partial charge in [0.1, 0.15) is 0 Å². The maximum absolute atomic E-state index is 11.2. The number of carboxylic acids is 1. The molecule has 1 fully saturated rings. The number of hydrogen-bond acceptors (Lipinski definition) is 3. The molecule has 0 bridgehead atoms. The van der Waals surface area contributed by atoms with Crippen LogP contribution < -0.4 is 5.32 Å². The van der Waals surface area contributed by atoms with Crippen LogP contribution in [0.25, 0.3) is 0 Å². The Labute approximate surface area is 120 Å². The van der Waals surface area contributed by atoms with Crippen LogP contribution in [-0.2, 0) is 0 Å². The molecule has 110 valence electrons. The molecule has 1 aromatic carbocycles. The molecule has 1 atom stereocenters. The zero-order valence-electron chi connectivity index (χ0n) is 12.3. The van der Waals surface area contributed by atoms with Gasteiger partial charge in [-0.1, -0.05) is 12.1 Å². The molecule has 1 unspecified atom stereocenters. The number of nitrogens with one attached hydrogen (secondary N) is 1. The topological polar surface area (TPSA) is 52.6 Å². The average molecular weight is 276 g/mol. The zero-order valence-corrected chi connectivity index (χ0v) is 12.3. The standard InChI is InChI=1S/C16H24N2O2/c1-12(2)18-10-5-6-13(9-11-18)17-15-8-4-3-7-14(15)16(19)20/h3-4,7-8,12-13,17H,5-6,9-11H2,1-2H3,(H,19,20). The third-order valence-corrected chi connectivity index (χ3v) is 4.01. The van der Waals surface area contributed by atoms with Crippen LogP contribution in [0.2, 0.25) is 0 Å². The summed E-state index contributed by atoms with van der Waals surface area (Å²) in [5, 5.41) is 12.6. The highest BCUT2D eigenvalue weighted by atomic mass is 16.4. The van der Waals surface area contributed by atoms with Crippen molar-refractivity contribution in [2.24, 2.45) is 0 Å². The molecule has 0 aliphatic carbocycles. The van der Waals surface area contributed by atoms with Crippen LogP contribution in [0.5, 0.6) is 0 Å². The van der Waals surface area contributed by atoms with E-state index in [2.05, 4.69) is 24.1 Å². The molecule has 20 heavy (non-hydrogen) atoms. The molecule has 0 saturated carbocycles. The first-order valence-corrected chi connectivity index (χ1v) is 7.41. The van der Waals surface area contributed by atoms with Crippen molar-refractivity contribution in [2.75, 3.05) is 18.4 Å². The van der Waals surface area contributed by atoms with Gasteiger partial charge in [-0.15, -0.1) is 0 Å². The summed E-state index contributed by atoms with van der Waals surface area (Å²) in [5.41, 5.74) is 1.10. The monoisotopic (exact) mass is 276 g/mol. The number of benzene rings is 1. The van der Waals surface area contributed by atoms with Crippen molar-refractivity contribution in [2.45, 2.75) is 45.2 Å². The number of para-hydroxylation sites is 1. The first-order valence-electron chi connectivity index (χ1n) is 7.41. The van der Waals surface area contributed by atoms with Gasteiger partial charge in [0, 0.05) is 24.3 Å². The van der Waals surface area contributed by atoms with Crippen LogP contribution in [0.3, 0.4) is 0 Å². The van der Waals surface area contributed by atoms with Crippen LogP contribution in [-0.4, -0.2) is 41.1 Å². The van der Waals surface area contributed by atoms with E-state index in [9.17, 15) is 9.90 Å². The number of likely N-dealkylation sites (tertiary alicyclic amines) is 1. The molecule has 4 heteroatoms. The molecular weight excluding hydrogens is 252 g/mol. The van der Waals surface area contributed by atoms with Crippen molar-refractivity contribution in [3.05, 3.63) is 29.8 Å². The predicted octanol–water partition coefficient (Wildman–Crippen LogP) is 3.06. The fraction of sp³-hybridized carbons (Fsp3) is 0.562. The van der Waals surface area contributed by atoms with E-state index >= 15 is 0 Å². The number of anilines is 1. The Morgan fingerprint density at radius 3 is 2.75 bits per heavy atom. The highest BCUT2D eigenvalue weighted by Gasteiger charge is 2.19. The molecule has 1 aliphatic rings. The van der Waals surface area contributed by atoms with Crippen molar-refractivity contribution in [1.29, 1.82) is 0 Å². The highest BCUT2D eigenvalue weighted by molar-refractivity contribution is 5.94. The van der Waals surface area contributed by atoms with Gasteiger partial charge in [0.05, 0.1) is 5.56 Å². The van der Waals surface area contributed by atoms with Crippen molar-refractivity contribution in [3.63, 3.8) is 0 Å². The molecular formula is C16H24N2O2. The van der Waals surface area contributed by atoms with E-state index < -0.39 is 5.97 Å².